The Kier molecular flexibility index (Phi) is 2.65. The molecule has 0 spiro atoms. The van der Waals surface area contributed by atoms with Crippen LogP contribution in [-0.4, -0.2) is 39.8 Å². The van der Waals surface area contributed by atoms with Crippen LogP contribution in [0.5, 0.6) is 0 Å². The molecule has 1 saturated carbocycles. The molecule has 1 aromatic heterocycles. The van der Waals surface area contributed by atoms with E-state index in [4.69, 9.17) is 4.52 Å². The first-order valence-electron chi connectivity index (χ1n) is 7.19. The van der Waals surface area contributed by atoms with Crippen LogP contribution in [0.4, 0.5) is 0 Å². The molecule has 0 atom stereocenters. The molecule has 108 valence electrons. The molecule has 0 unspecified atom stereocenters. The summed E-state index contributed by atoms with van der Waals surface area (Å²) >= 11 is 0. The van der Waals surface area contributed by atoms with Gasteiger partial charge in [0.2, 0.25) is 0 Å². The molecule has 2 fully saturated rings. The largest absolute Gasteiger partial charge is 0.386 e. The SMILES string of the molecule is O=C(c1cc(-c2ccccc2)on1)N1CC(O)(C2CC2)C1. The van der Waals surface area contributed by atoms with Gasteiger partial charge in [0.1, 0.15) is 5.60 Å². The third-order valence-corrected chi connectivity index (χ3v) is 4.34. The second-order valence-corrected chi connectivity index (χ2v) is 5.98. The minimum atomic E-state index is -0.665. The summed E-state index contributed by atoms with van der Waals surface area (Å²) in [7, 11) is 0. The number of likely N-dealkylation sites (tertiary alicyclic amines) is 1. The summed E-state index contributed by atoms with van der Waals surface area (Å²) in [6.45, 7) is 0.814. The number of rotatable bonds is 3. The van der Waals surface area contributed by atoms with Crippen LogP contribution in [0, 0.1) is 5.92 Å². The molecule has 1 amide bonds. The molecule has 1 N–H and O–H groups in total. The first-order chi connectivity index (χ1) is 10.2. The molecule has 2 aliphatic rings. The lowest BCUT2D eigenvalue weighted by Crippen LogP contribution is -2.64. The topological polar surface area (TPSA) is 66.6 Å². The highest BCUT2D eigenvalue weighted by molar-refractivity contribution is 5.93. The van der Waals surface area contributed by atoms with Gasteiger partial charge in [-0.3, -0.25) is 4.79 Å². The number of carbonyl (C=O) groups excluding carboxylic acids is 1. The van der Waals surface area contributed by atoms with Crippen LogP contribution in [-0.2, 0) is 0 Å². The summed E-state index contributed by atoms with van der Waals surface area (Å²) in [5.41, 5.74) is 0.524. The first kappa shape index (κ1) is 12.6. The average Bonchev–Trinajstić information content (AvgIpc) is 3.22. The van der Waals surface area contributed by atoms with Crippen LogP contribution < -0.4 is 0 Å². The lowest BCUT2D eigenvalue weighted by Gasteiger charge is -2.46. The number of hydrogen-bond donors (Lipinski definition) is 1. The van der Waals surface area contributed by atoms with Gasteiger partial charge in [-0.1, -0.05) is 35.5 Å². The van der Waals surface area contributed by atoms with Crippen molar-refractivity contribution in [2.24, 2.45) is 5.92 Å². The summed E-state index contributed by atoms with van der Waals surface area (Å²) < 4.78 is 5.24. The van der Waals surface area contributed by atoms with Gasteiger partial charge >= 0.3 is 0 Å². The first-order valence-corrected chi connectivity index (χ1v) is 7.19. The second-order valence-electron chi connectivity index (χ2n) is 5.98. The molecule has 1 aliphatic heterocycles. The van der Waals surface area contributed by atoms with Crippen LogP contribution in [0.1, 0.15) is 23.3 Å². The minimum absolute atomic E-state index is 0.175. The zero-order chi connectivity index (χ0) is 14.4. The van der Waals surface area contributed by atoms with Crippen molar-refractivity contribution < 1.29 is 14.4 Å². The summed E-state index contributed by atoms with van der Waals surface area (Å²) in [5, 5.41) is 14.1. The summed E-state index contributed by atoms with van der Waals surface area (Å²) in [5.74, 6) is 0.780. The van der Waals surface area contributed by atoms with Gasteiger partial charge in [0, 0.05) is 11.6 Å². The lowest BCUT2D eigenvalue weighted by atomic mass is 9.88. The third kappa shape index (κ3) is 2.14. The van der Waals surface area contributed by atoms with Gasteiger partial charge in [0.15, 0.2) is 11.5 Å². The van der Waals surface area contributed by atoms with Crippen molar-refractivity contribution in [3.05, 3.63) is 42.1 Å². The van der Waals surface area contributed by atoms with Crippen molar-refractivity contribution in [2.75, 3.05) is 13.1 Å². The molecule has 21 heavy (non-hydrogen) atoms. The van der Waals surface area contributed by atoms with Crippen LogP contribution in [0.3, 0.4) is 0 Å². The Bertz CT molecular complexity index is 670. The Hall–Kier alpha value is -2.14. The van der Waals surface area contributed by atoms with Gasteiger partial charge in [-0.05, 0) is 18.8 Å². The highest BCUT2D eigenvalue weighted by Gasteiger charge is 2.53. The fourth-order valence-corrected chi connectivity index (χ4v) is 2.91. The van der Waals surface area contributed by atoms with Crippen LogP contribution in [0.2, 0.25) is 0 Å². The van der Waals surface area contributed by atoms with E-state index < -0.39 is 5.60 Å². The normalized spacial score (nSPS) is 20.1. The number of nitrogens with zero attached hydrogens (tertiary/aromatic N) is 2. The number of benzene rings is 1. The standard InChI is InChI=1S/C16H16N2O3/c19-15(18-9-16(20,10-18)12-6-7-12)13-8-14(21-17-13)11-4-2-1-3-5-11/h1-5,8,12,20H,6-7,9-10H2. The molecule has 0 bridgehead atoms. The quantitative estimate of drug-likeness (QED) is 0.935. The van der Waals surface area contributed by atoms with E-state index >= 15 is 0 Å². The predicted octanol–water partition coefficient (Wildman–Crippen LogP) is 1.94. The van der Waals surface area contributed by atoms with E-state index in [1.807, 2.05) is 30.3 Å². The molecule has 5 nitrogen and oxygen atoms in total. The number of hydrogen-bond acceptors (Lipinski definition) is 4. The molecule has 1 aromatic carbocycles. The fraction of sp³-hybridized carbons (Fsp3) is 0.375. The average molecular weight is 284 g/mol. The summed E-state index contributed by atoms with van der Waals surface area (Å²) in [4.78, 5) is 13.9. The maximum Gasteiger partial charge on any atom is 0.276 e. The van der Waals surface area contributed by atoms with Crippen molar-refractivity contribution in [1.82, 2.24) is 10.1 Å². The van der Waals surface area contributed by atoms with E-state index in [1.165, 1.54) is 0 Å². The van der Waals surface area contributed by atoms with Crippen molar-refractivity contribution >= 4 is 5.91 Å². The molecule has 4 rings (SSSR count). The zero-order valence-electron chi connectivity index (χ0n) is 11.5. The number of β-amino-alcohol motifs (C(OH)–C–C–N with tert-alkyl or cyclic N) is 1. The molecule has 2 aromatic rings. The smallest absolute Gasteiger partial charge is 0.276 e. The summed E-state index contributed by atoms with van der Waals surface area (Å²) in [6.07, 6.45) is 2.14. The molecule has 1 aliphatic carbocycles. The number of aromatic nitrogens is 1. The van der Waals surface area contributed by atoms with Gasteiger partial charge in [0.05, 0.1) is 13.1 Å². The van der Waals surface area contributed by atoms with Crippen molar-refractivity contribution in [3.8, 4) is 11.3 Å². The van der Waals surface area contributed by atoms with Crippen LogP contribution in [0.25, 0.3) is 11.3 Å². The molecule has 2 heterocycles. The Morgan fingerprint density at radius 1 is 1.29 bits per heavy atom. The second kappa shape index (κ2) is 4.43. The van der Waals surface area contributed by atoms with E-state index in [-0.39, 0.29) is 5.91 Å². The fourth-order valence-electron chi connectivity index (χ4n) is 2.91. The predicted molar refractivity (Wildman–Crippen MR) is 75.5 cm³/mol. The van der Waals surface area contributed by atoms with Gasteiger partial charge in [0.25, 0.3) is 5.91 Å². The Morgan fingerprint density at radius 2 is 2.00 bits per heavy atom. The van der Waals surface area contributed by atoms with E-state index in [2.05, 4.69) is 5.16 Å². The maximum atomic E-state index is 12.3. The van der Waals surface area contributed by atoms with E-state index in [1.54, 1.807) is 11.0 Å². The zero-order valence-corrected chi connectivity index (χ0v) is 11.5. The van der Waals surface area contributed by atoms with Gasteiger partial charge < -0.3 is 14.5 Å². The maximum absolute atomic E-state index is 12.3. The molecule has 0 radical (unpaired) electrons. The van der Waals surface area contributed by atoms with Gasteiger partial charge in [-0.2, -0.15) is 0 Å². The number of amides is 1. The number of carbonyl (C=O) groups is 1. The van der Waals surface area contributed by atoms with Gasteiger partial charge in [-0.25, -0.2) is 0 Å². The third-order valence-electron chi connectivity index (χ3n) is 4.34. The molecular weight excluding hydrogens is 268 g/mol. The monoisotopic (exact) mass is 284 g/mol. The Morgan fingerprint density at radius 3 is 2.67 bits per heavy atom. The Balaban J connectivity index is 1.48. The lowest BCUT2D eigenvalue weighted by molar-refractivity contribution is -0.0960. The number of aliphatic hydroxyl groups is 1. The van der Waals surface area contributed by atoms with E-state index in [9.17, 15) is 9.90 Å². The van der Waals surface area contributed by atoms with Crippen LogP contribution in [0.15, 0.2) is 40.9 Å². The van der Waals surface area contributed by atoms with E-state index in [0.29, 0.717) is 30.5 Å². The molecule has 1 saturated heterocycles. The minimum Gasteiger partial charge on any atom is -0.386 e. The Labute approximate surface area is 122 Å². The van der Waals surface area contributed by atoms with Crippen molar-refractivity contribution in [3.63, 3.8) is 0 Å². The van der Waals surface area contributed by atoms with Crippen molar-refractivity contribution in [2.45, 2.75) is 18.4 Å². The highest BCUT2D eigenvalue weighted by Crippen LogP contribution is 2.44. The highest BCUT2D eigenvalue weighted by atomic mass is 16.5. The van der Waals surface area contributed by atoms with E-state index in [0.717, 1.165) is 18.4 Å². The molecule has 5 heteroatoms. The van der Waals surface area contributed by atoms with Crippen molar-refractivity contribution in [1.29, 1.82) is 0 Å². The van der Waals surface area contributed by atoms with Crippen LogP contribution >= 0.6 is 0 Å². The van der Waals surface area contributed by atoms with Gasteiger partial charge in [-0.15, -0.1) is 0 Å². The summed E-state index contributed by atoms with van der Waals surface area (Å²) in [6, 6.07) is 11.2. The molecular formula is C16H16N2O3.